The van der Waals surface area contributed by atoms with E-state index in [1.165, 1.54) is 19.3 Å². The molecule has 15 heavy (non-hydrogen) atoms. The van der Waals surface area contributed by atoms with Crippen LogP contribution in [-0.4, -0.2) is 43.2 Å². The van der Waals surface area contributed by atoms with Crippen molar-refractivity contribution in [2.45, 2.75) is 32.2 Å². The van der Waals surface area contributed by atoms with E-state index >= 15 is 0 Å². The van der Waals surface area contributed by atoms with Gasteiger partial charge in [-0.05, 0) is 19.3 Å². The molecule has 1 saturated carbocycles. The van der Waals surface area contributed by atoms with Crippen molar-refractivity contribution in [3.8, 4) is 0 Å². The fourth-order valence-corrected chi connectivity index (χ4v) is 2.11. The van der Waals surface area contributed by atoms with Gasteiger partial charge in [-0.1, -0.05) is 12.8 Å². The van der Waals surface area contributed by atoms with Crippen molar-refractivity contribution in [2.24, 2.45) is 5.92 Å². The van der Waals surface area contributed by atoms with Crippen LogP contribution in [-0.2, 0) is 0 Å². The van der Waals surface area contributed by atoms with Crippen LogP contribution in [0.3, 0.4) is 0 Å². The summed E-state index contributed by atoms with van der Waals surface area (Å²) < 4.78 is 0. The van der Waals surface area contributed by atoms with Gasteiger partial charge in [0.25, 0.3) is 0 Å². The first-order valence-corrected chi connectivity index (χ1v) is 6.02. The highest BCUT2D eigenvalue weighted by Crippen LogP contribution is 2.33. The Kier molecular flexibility index (Phi) is 3.46. The van der Waals surface area contributed by atoms with Crippen molar-refractivity contribution in [1.29, 1.82) is 0 Å². The van der Waals surface area contributed by atoms with Gasteiger partial charge in [-0.15, -0.1) is 0 Å². The van der Waals surface area contributed by atoms with Crippen molar-refractivity contribution in [1.82, 2.24) is 15.5 Å². The second-order valence-electron chi connectivity index (χ2n) is 4.75. The van der Waals surface area contributed by atoms with Crippen LogP contribution in [0, 0.1) is 5.92 Å². The predicted octanol–water partition coefficient (Wildman–Crippen LogP) is 0.790. The molecule has 86 valence electrons. The van der Waals surface area contributed by atoms with Crippen molar-refractivity contribution < 1.29 is 4.79 Å². The molecule has 1 aliphatic carbocycles. The first-order chi connectivity index (χ1) is 7.25. The molecule has 2 rings (SSSR count). The number of hydrogen-bond donors (Lipinski definition) is 2. The van der Waals surface area contributed by atoms with Gasteiger partial charge in [-0.25, -0.2) is 4.79 Å². The summed E-state index contributed by atoms with van der Waals surface area (Å²) in [6, 6.07) is 0.690. The number of carbonyl (C=O) groups is 1. The average Bonchev–Trinajstić information content (AvgIpc) is 2.91. The quantitative estimate of drug-likeness (QED) is 0.682. The third-order valence-electron chi connectivity index (χ3n) is 3.20. The van der Waals surface area contributed by atoms with Gasteiger partial charge in [0.15, 0.2) is 0 Å². The van der Waals surface area contributed by atoms with Crippen LogP contribution < -0.4 is 10.6 Å². The summed E-state index contributed by atoms with van der Waals surface area (Å²) in [7, 11) is 0. The second kappa shape index (κ2) is 4.84. The minimum Gasteiger partial charge on any atom is -0.336 e. The largest absolute Gasteiger partial charge is 0.336 e. The number of hydrogen-bond acceptors (Lipinski definition) is 2. The molecule has 1 heterocycles. The lowest BCUT2D eigenvalue weighted by molar-refractivity contribution is 0.217. The Labute approximate surface area is 91.4 Å². The molecule has 1 aliphatic heterocycles. The number of rotatable bonds is 6. The molecule has 0 aromatic heterocycles. The summed E-state index contributed by atoms with van der Waals surface area (Å²) in [5.74, 6) is 0.975. The molecule has 2 N–H and O–H groups in total. The van der Waals surface area contributed by atoms with Crippen LogP contribution in [0.15, 0.2) is 0 Å². The third-order valence-corrected chi connectivity index (χ3v) is 3.20. The Morgan fingerprint density at radius 2 is 2.40 bits per heavy atom. The summed E-state index contributed by atoms with van der Waals surface area (Å²) >= 11 is 0. The molecule has 4 nitrogen and oxygen atoms in total. The molecule has 0 radical (unpaired) electrons. The maximum Gasteiger partial charge on any atom is 0.317 e. The van der Waals surface area contributed by atoms with Gasteiger partial charge in [0, 0.05) is 32.2 Å². The summed E-state index contributed by atoms with van der Waals surface area (Å²) in [6.45, 7) is 5.65. The maximum atomic E-state index is 11.2. The molecule has 2 fully saturated rings. The van der Waals surface area contributed by atoms with Crippen LogP contribution in [0.4, 0.5) is 4.79 Å². The van der Waals surface area contributed by atoms with Gasteiger partial charge in [-0.2, -0.15) is 0 Å². The Bertz CT molecular complexity index is 228. The zero-order valence-electron chi connectivity index (χ0n) is 9.46. The smallest absolute Gasteiger partial charge is 0.317 e. The lowest BCUT2D eigenvalue weighted by Crippen LogP contribution is -2.37. The molecular formula is C11H21N3O. The van der Waals surface area contributed by atoms with E-state index < -0.39 is 0 Å². The lowest BCUT2D eigenvalue weighted by Gasteiger charge is -2.17. The standard InChI is InChI=1S/C11H21N3O/c1-9(8-10-2-3-10)12-4-6-14-7-5-13-11(14)15/h9-10,12H,2-8H2,1H3,(H,13,15). The topological polar surface area (TPSA) is 44.4 Å². The molecule has 0 aromatic carbocycles. The van der Waals surface area contributed by atoms with Crippen molar-refractivity contribution in [3.63, 3.8) is 0 Å². The number of carbonyl (C=O) groups excluding carboxylic acids is 1. The van der Waals surface area contributed by atoms with Gasteiger partial charge in [-0.3, -0.25) is 0 Å². The second-order valence-corrected chi connectivity index (χ2v) is 4.75. The van der Waals surface area contributed by atoms with Crippen LogP contribution in [0.25, 0.3) is 0 Å². The molecule has 2 aliphatic rings. The maximum absolute atomic E-state index is 11.2. The Morgan fingerprint density at radius 1 is 1.60 bits per heavy atom. The molecule has 0 aromatic rings. The zero-order chi connectivity index (χ0) is 10.7. The van der Waals surface area contributed by atoms with Gasteiger partial charge in [0.2, 0.25) is 0 Å². The molecule has 1 unspecified atom stereocenters. The van der Waals surface area contributed by atoms with Crippen molar-refractivity contribution in [2.75, 3.05) is 26.2 Å². The number of nitrogens with one attached hydrogen (secondary N) is 2. The van der Waals surface area contributed by atoms with Crippen molar-refractivity contribution in [3.05, 3.63) is 0 Å². The van der Waals surface area contributed by atoms with Crippen LogP contribution in [0.2, 0.25) is 0 Å². The highest BCUT2D eigenvalue weighted by molar-refractivity contribution is 5.76. The minimum absolute atomic E-state index is 0.0895. The van der Waals surface area contributed by atoms with Crippen LogP contribution in [0.5, 0.6) is 0 Å². The van der Waals surface area contributed by atoms with E-state index in [9.17, 15) is 4.79 Å². The number of nitrogens with zero attached hydrogens (tertiary/aromatic N) is 1. The molecule has 1 saturated heterocycles. The summed E-state index contributed by atoms with van der Waals surface area (Å²) in [5, 5.41) is 6.29. The van der Waals surface area contributed by atoms with E-state index in [1.807, 2.05) is 4.90 Å². The summed E-state index contributed by atoms with van der Waals surface area (Å²) in [6.07, 6.45) is 4.13. The summed E-state index contributed by atoms with van der Waals surface area (Å²) in [5.41, 5.74) is 0. The van der Waals surface area contributed by atoms with E-state index in [0.29, 0.717) is 6.04 Å². The lowest BCUT2D eigenvalue weighted by atomic mass is 10.1. The van der Waals surface area contributed by atoms with Gasteiger partial charge in [0.1, 0.15) is 0 Å². The molecule has 2 amide bonds. The van der Waals surface area contributed by atoms with E-state index in [0.717, 1.165) is 32.1 Å². The number of urea groups is 1. The number of amides is 2. The van der Waals surface area contributed by atoms with Gasteiger partial charge in [0.05, 0.1) is 0 Å². The van der Waals surface area contributed by atoms with E-state index in [-0.39, 0.29) is 6.03 Å². The van der Waals surface area contributed by atoms with Crippen molar-refractivity contribution >= 4 is 6.03 Å². The third kappa shape index (κ3) is 3.38. The molecular weight excluding hydrogens is 190 g/mol. The Hall–Kier alpha value is -0.770. The first-order valence-electron chi connectivity index (χ1n) is 6.02. The highest BCUT2D eigenvalue weighted by atomic mass is 16.2. The highest BCUT2D eigenvalue weighted by Gasteiger charge is 2.23. The minimum atomic E-state index is 0.0895. The Morgan fingerprint density at radius 3 is 3.00 bits per heavy atom. The molecule has 1 atom stereocenters. The SMILES string of the molecule is CC(CC1CC1)NCCN1CCNC1=O. The Balaban J connectivity index is 1.55. The van der Waals surface area contributed by atoms with E-state index in [1.54, 1.807) is 0 Å². The average molecular weight is 211 g/mol. The van der Waals surface area contributed by atoms with Crippen LogP contribution in [0.1, 0.15) is 26.2 Å². The monoisotopic (exact) mass is 211 g/mol. The summed E-state index contributed by atoms with van der Waals surface area (Å²) in [4.78, 5) is 13.1. The fraction of sp³-hybridized carbons (Fsp3) is 0.909. The molecule has 0 bridgehead atoms. The molecule has 0 spiro atoms. The van der Waals surface area contributed by atoms with Gasteiger partial charge < -0.3 is 15.5 Å². The predicted molar refractivity (Wildman–Crippen MR) is 59.8 cm³/mol. The molecule has 4 heteroatoms. The fourth-order valence-electron chi connectivity index (χ4n) is 2.11. The van der Waals surface area contributed by atoms with E-state index in [2.05, 4.69) is 17.6 Å². The zero-order valence-corrected chi connectivity index (χ0v) is 9.46. The first kappa shape index (κ1) is 10.7. The van der Waals surface area contributed by atoms with Crippen LogP contribution >= 0.6 is 0 Å². The van der Waals surface area contributed by atoms with E-state index in [4.69, 9.17) is 0 Å². The van der Waals surface area contributed by atoms with Gasteiger partial charge >= 0.3 is 6.03 Å². The normalized spacial score (nSPS) is 23.0.